The molecule has 1 aromatic carbocycles. The van der Waals surface area contributed by atoms with Crippen LogP contribution in [0.5, 0.6) is 0 Å². The molecule has 1 aliphatic carbocycles. The Hall–Kier alpha value is -2.32. The van der Waals surface area contributed by atoms with Gasteiger partial charge >= 0.3 is 12.1 Å². The first-order valence-corrected chi connectivity index (χ1v) is 11.7. The van der Waals surface area contributed by atoms with E-state index in [0.29, 0.717) is 11.6 Å². The van der Waals surface area contributed by atoms with Crippen LogP contribution >= 0.6 is 11.6 Å². The van der Waals surface area contributed by atoms with Gasteiger partial charge in [0, 0.05) is 29.9 Å². The Bertz CT molecular complexity index is 832. The Morgan fingerprint density at radius 2 is 1.88 bits per heavy atom. The molecule has 8 nitrogen and oxygen atoms in total. The standard InChI is InChI=1S/C24H36ClN3O5/c1-6-32-21(30)20(27-16(2)29)28-19-10-12-24(13-11-19,17-8-7-9-18(25)14-17)15-26-22(31)33-23(3,4)5/h7-9,14,19-20,28H,6,10-13,15H2,1-5H3,(H,26,31)(H,27,29). The molecule has 9 heteroatoms. The fourth-order valence-electron chi connectivity index (χ4n) is 4.11. The van der Waals surface area contributed by atoms with Crippen molar-refractivity contribution in [3.8, 4) is 0 Å². The molecule has 2 rings (SSSR count). The number of halogens is 1. The molecule has 184 valence electrons. The molecule has 33 heavy (non-hydrogen) atoms. The molecule has 2 amide bonds. The topological polar surface area (TPSA) is 106 Å². The lowest BCUT2D eigenvalue weighted by Crippen LogP contribution is -2.56. The van der Waals surface area contributed by atoms with Crippen molar-refractivity contribution in [2.75, 3.05) is 13.2 Å². The summed E-state index contributed by atoms with van der Waals surface area (Å²) in [6.07, 6.45) is 1.60. The molecule has 0 bridgehead atoms. The van der Waals surface area contributed by atoms with Crippen LogP contribution in [0.15, 0.2) is 24.3 Å². The Morgan fingerprint density at radius 3 is 2.42 bits per heavy atom. The maximum Gasteiger partial charge on any atom is 0.407 e. The Kier molecular flexibility index (Phi) is 9.55. The monoisotopic (exact) mass is 481 g/mol. The predicted molar refractivity (Wildman–Crippen MR) is 127 cm³/mol. The van der Waals surface area contributed by atoms with E-state index in [-0.39, 0.29) is 24.0 Å². The summed E-state index contributed by atoms with van der Waals surface area (Å²) in [6, 6.07) is 7.69. The first kappa shape index (κ1) is 26.9. The number of amides is 2. The van der Waals surface area contributed by atoms with Crippen LogP contribution in [-0.4, -0.2) is 48.9 Å². The summed E-state index contributed by atoms with van der Waals surface area (Å²) < 4.78 is 10.5. The molecule has 1 fully saturated rings. The number of carbonyl (C=O) groups excluding carboxylic acids is 3. The molecule has 0 heterocycles. The Labute approximate surface area is 201 Å². The van der Waals surface area contributed by atoms with E-state index in [0.717, 1.165) is 31.2 Å². The molecule has 0 radical (unpaired) electrons. The van der Waals surface area contributed by atoms with Gasteiger partial charge in [-0.15, -0.1) is 0 Å². The lowest BCUT2D eigenvalue weighted by atomic mass is 9.68. The summed E-state index contributed by atoms with van der Waals surface area (Å²) in [5, 5.41) is 9.41. The van der Waals surface area contributed by atoms with Crippen molar-refractivity contribution in [2.24, 2.45) is 0 Å². The minimum absolute atomic E-state index is 0.0000852. The van der Waals surface area contributed by atoms with Crippen LogP contribution in [0, 0.1) is 0 Å². The van der Waals surface area contributed by atoms with Gasteiger partial charge in [-0.3, -0.25) is 10.1 Å². The van der Waals surface area contributed by atoms with Gasteiger partial charge in [-0.2, -0.15) is 0 Å². The molecule has 1 atom stereocenters. The second kappa shape index (κ2) is 11.7. The summed E-state index contributed by atoms with van der Waals surface area (Å²) in [6.45, 7) is 9.20. The molecular formula is C24H36ClN3O5. The van der Waals surface area contributed by atoms with E-state index < -0.39 is 23.8 Å². The summed E-state index contributed by atoms with van der Waals surface area (Å²) in [5.74, 6) is -0.822. The van der Waals surface area contributed by atoms with E-state index in [2.05, 4.69) is 16.0 Å². The van der Waals surface area contributed by atoms with Gasteiger partial charge in [-0.05, 0) is 71.1 Å². The van der Waals surface area contributed by atoms with Gasteiger partial charge in [0.15, 0.2) is 6.17 Å². The maximum absolute atomic E-state index is 12.3. The number of rotatable bonds is 8. The second-order valence-electron chi connectivity index (χ2n) is 9.47. The van der Waals surface area contributed by atoms with Crippen molar-refractivity contribution in [3.63, 3.8) is 0 Å². The molecule has 0 aromatic heterocycles. The van der Waals surface area contributed by atoms with Crippen molar-refractivity contribution in [2.45, 2.75) is 83.5 Å². The van der Waals surface area contributed by atoms with E-state index in [1.807, 2.05) is 45.0 Å². The average Bonchev–Trinajstić information content (AvgIpc) is 2.71. The van der Waals surface area contributed by atoms with E-state index in [4.69, 9.17) is 21.1 Å². The first-order chi connectivity index (χ1) is 15.4. The van der Waals surface area contributed by atoms with Crippen molar-refractivity contribution in [1.29, 1.82) is 0 Å². The van der Waals surface area contributed by atoms with Gasteiger partial charge in [0.05, 0.1) is 6.61 Å². The fourth-order valence-corrected chi connectivity index (χ4v) is 4.30. The van der Waals surface area contributed by atoms with Crippen LogP contribution in [0.2, 0.25) is 5.02 Å². The number of alkyl carbamates (subject to hydrolysis) is 1. The van der Waals surface area contributed by atoms with Gasteiger partial charge in [0.2, 0.25) is 5.91 Å². The number of hydrogen-bond acceptors (Lipinski definition) is 6. The smallest absolute Gasteiger partial charge is 0.407 e. The number of ether oxygens (including phenoxy) is 2. The molecule has 1 aromatic rings. The highest BCUT2D eigenvalue weighted by molar-refractivity contribution is 6.30. The largest absolute Gasteiger partial charge is 0.463 e. The van der Waals surface area contributed by atoms with Gasteiger partial charge < -0.3 is 20.1 Å². The third-order valence-corrected chi connectivity index (χ3v) is 5.86. The average molecular weight is 482 g/mol. The predicted octanol–water partition coefficient (Wildman–Crippen LogP) is 3.66. The minimum atomic E-state index is -0.897. The highest BCUT2D eigenvalue weighted by Gasteiger charge is 2.39. The minimum Gasteiger partial charge on any atom is -0.463 e. The van der Waals surface area contributed by atoms with Crippen LogP contribution in [0.3, 0.4) is 0 Å². The summed E-state index contributed by atoms with van der Waals surface area (Å²) >= 11 is 6.27. The second-order valence-corrected chi connectivity index (χ2v) is 9.91. The van der Waals surface area contributed by atoms with Gasteiger partial charge in [-0.25, -0.2) is 9.59 Å². The number of carbonyl (C=O) groups is 3. The highest BCUT2D eigenvalue weighted by Crippen LogP contribution is 2.40. The number of esters is 1. The first-order valence-electron chi connectivity index (χ1n) is 11.4. The maximum atomic E-state index is 12.3. The Morgan fingerprint density at radius 1 is 1.21 bits per heavy atom. The van der Waals surface area contributed by atoms with Crippen molar-refractivity contribution in [3.05, 3.63) is 34.9 Å². The van der Waals surface area contributed by atoms with Gasteiger partial charge in [-0.1, -0.05) is 23.7 Å². The lowest BCUT2D eigenvalue weighted by Gasteiger charge is -2.42. The molecular weight excluding hydrogens is 446 g/mol. The summed E-state index contributed by atoms with van der Waals surface area (Å²) in [5.41, 5.74) is 0.141. The quantitative estimate of drug-likeness (QED) is 0.386. The number of benzene rings is 1. The van der Waals surface area contributed by atoms with E-state index in [1.54, 1.807) is 6.92 Å². The van der Waals surface area contributed by atoms with Crippen molar-refractivity contribution >= 4 is 29.6 Å². The van der Waals surface area contributed by atoms with Gasteiger partial charge in [0.1, 0.15) is 5.60 Å². The summed E-state index contributed by atoms with van der Waals surface area (Å²) in [7, 11) is 0. The zero-order valence-corrected chi connectivity index (χ0v) is 20.9. The molecule has 3 N–H and O–H groups in total. The Balaban J connectivity index is 2.13. The van der Waals surface area contributed by atoms with Crippen LogP contribution < -0.4 is 16.0 Å². The fraction of sp³-hybridized carbons (Fsp3) is 0.625. The van der Waals surface area contributed by atoms with Crippen LogP contribution in [0.4, 0.5) is 4.79 Å². The van der Waals surface area contributed by atoms with Crippen LogP contribution in [-0.2, 0) is 24.5 Å². The lowest BCUT2D eigenvalue weighted by molar-refractivity contribution is -0.148. The molecule has 1 unspecified atom stereocenters. The van der Waals surface area contributed by atoms with Crippen LogP contribution in [0.1, 0.15) is 65.9 Å². The molecule has 0 aliphatic heterocycles. The molecule has 1 aliphatic rings. The van der Waals surface area contributed by atoms with Crippen molar-refractivity contribution < 1.29 is 23.9 Å². The highest BCUT2D eigenvalue weighted by atomic mass is 35.5. The van der Waals surface area contributed by atoms with Gasteiger partial charge in [0.25, 0.3) is 0 Å². The van der Waals surface area contributed by atoms with Crippen LogP contribution in [0.25, 0.3) is 0 Å². The molecule has 0 saturated heterocycles. The van der Waals surface area contributed by atoms with Crippen molar-refractivity contribution in [1.82, 2.24) is 16.0 Å². The SMILES string of the molecule is CCOC(=O)C(NC(C)=O)NC1CCC(CNC(=O)OC(C)(C)C)(c2cccc(Cl)c2)CC1. The third-order valence-electron chi connectivity index (χ3n) is 5.62. The normalized spacial score (nSPS) is 21.6. The summed E-state index contributed by atoms with van der Waals surface area (Å²) in [4.78, 5) is 36.1. The zero-order chi connectivity index (χ0) is 24.6. The van der Waals surface area contributed by atoms with E-state index >= 15 is 0 Å². The van der Waals surface area contributed by atoms with E-state index in [1.165, 1.54) is 6.92 Å². The molecule has 0 spiro atoms. The number of hydrogen-bond donors (Lipinski definition) is 3. The third kappa shape index (κ3) is 8.51. The number of nitrogens with one attached hydrogen (secondary N) is 3. The molecule has 1 saturated carbocycles. The van der Waals surface area contributed by atoms with E-state index in [9.17, 15) is 14.4 Å². The zero-order valence-electron chi connectivity index (χ0n) is 20.1.